The SMILES string of the molecule is CN(c1cc(Br)nc(C(C)(C)C)n1)C(C)(C)CO. The van der Waals surface area contributed by atoms with E-state index < -0.39 is 0 Å². The van der Waals surface area contributed by atoms with Crippen LogP contribution >= 0.6 is 15.9 Å². The largest absolute Gasteiger partial charge is 0.394 e. The van der Waals surface area contributed by atoms with Crippen LogP contribution in [0.2, 0.25) is 0 Å². The van der Waals surface area contributed by atoms with Gasteiger partial charge in [-0.2, -0.15) is 0 Å². The lowest BCUT2D eigenvalue weighted by Crippen LogP contribution is -2.45. The van der Waals surface area contributed by atoms with E-state index >= 15 is 0 Å². The van der Waals surface area contributed by atoms with Crippen LogP contribution in [0.3, 0.4) is 0 Å². The fraction of sp³-hybridized carbons (Fsp3) is 0.692. The number of hydrogen-bond donors (Lipinski definition) is 1. The zero-order valence-electron chi connectivity index (χ0n) is 12.0. The number of aliphatic hydroxyl groups excluding tert-OH is 1. The summed E-state index contributed by atoms with van der Waals surface area (Å²) in [7, 11) is 1.93. The molecule has 0 bridgehead atoms. The van der Waals surface area contributed by atoms with Crippen molar-refractivity contribution in [3.05, 3.63) is 16.5 Å². The van der Waals surface area contributed by atoms with Crippen molar-refractivity contribution >= 4 is 21.7 Å². The van der Waals surface area contributed by atoms with Gasteiger partial charge in [0.15, 0.2) is 0 Å². The Balaban J connectivity index is 3.23. The molecule has 0 aliphatic carbocycles. The minimum atomic E-state index is -0.358. The molecule has 0 aliphatic rings. The maximum atomic E-state index is 9.43. The first-order chi connectivity index (χ1) is 8.08. The Morgan fingerprint density at radius 1 is 1.22 bits per heavy atom. The molecule has 0 aromatic carbocycles. The topological polar surface area (TPSA) is 49.2 Å². The van der Waals surface area contributed by atoms with Crippen LogP contribution in [0.15, 0.2) is 10.7 Å². The summed E-state index contributed by atoms with van der Waals surface area (Å²) in [5.41, 5.74) is -0.467. The van der Waals surface area contributed by atoms with Gasteiger partial charge in [-0.3, -0.25) is 0 Å². The van der Waals surface area contributed by atoms with E-state index in [9.17, 15) is 5.11 Å². The number of likely N-dealkylation sites (N-methyl/N-ethyl adjacent to an activating group) is 1. The smallest absolute Gasteiger partial charge is 0.137 e. The summed E-state index contributed by atoms with van der Waals surface area (Å²) in [6, 6.07) is 1.87. The van der Waals surface area contributed by atoms with Gasteiger partial charge in [0.05, 0.1) is 12.1 Å². The molecule has 4 nitrogen and oxygen atoms in total. The van der Waals surface area contributed by atoms with Gasteiger partial charge in [0.1, 0.15) is 16.2 Å². The van der Waals surface area contributed by atoms with Gasteiger partial charge in [-0.1, -0.05) is 20.8 Å². The molecule has 1 heterocycles. The van der Waals surface area contributed by atoms with Crippen LogP contribution < -0.4 is 4.90 Å². The lowest BCUT2D eigenvalue weighted by Gasteiger charge is -2.35. The van der Waals surface area contributed by atoms with Crippen LogP contribution in [0.4, 0.5) is 5.82 Å². The van der Waals surface area contributed by atoms with Crippen molar-refractivity contribution in [2.45, 2.75) is 45.6 Å². The fourth-order valence-electron chi connectivity index (χ4n) is 1.33. The molecule has 1 rings (SSSR count). The molecular formula is C13H22BrN3O. The Labute approximate surface area is 118 Å². The first-order valence-corrected chi connectivity index (χ1v) is 6.77. The van der Waals surface area contributed by atoms with Crippen molar-refractivity contribution in [2.75, 3.05) is 18.6 Å². The maximum Gasteiger partial charge on any atom is 0.137 e. The summed E-state index contributed by atoms with van der Waals surface area (Å²) in [5, 5.41) is 9.43. The highest BCUT2D eigenvalue weighted by Gasteiger charge is 2.26. The minimum Gasteiger partial charge on any atom is -0.394 e. The molecule has 0 saturated carbocycles. The van der Waals surface area contributed by atoms with Crippen molar-refractivity contribution in [1.82, 2.24) is 9.97 Å². The van der Waals surface area contributed by atoms with E-state index in [4.69, 9.17) is 0 Å². The second kappa shape index (κ2) is 5.13. The standard InChI is InChI=1S/C13H22BrN3O/c1-12(2,3)11-15-9(14)7-10(16-11)17(6)13(4,5)8-18/h7,18H,8H2,1-6H3. The van der Waals surface area contributed by atoms with Gasteiger partial charge in [0, 0.05) is 18.5 Å². The number of anilines is 1. The van der Waals surface area contributed by atoms with Crippen molar-refractivity contribution in [1.29, 1.82) is 0 Å². The number of aliphatic hydroxyl groups is 1. The highest BCUT2D eigenvalue weighted by molar-refractivity contribution is 9.10. The van der Waals surface area contributed by atoms with Crippen molar-refractivity contribution < 1.29 is 5.11 Å². The predicted molar refractivity (Wildman–Crippen MR) is 78.0 cm³/mol. The van der Waals surface area contributed by atoms with Gasteiger partial charge in [-0.15, -0.1) is 0 Å². The zero-order valence-corrected chi connectivity index (χ0v) is 13.5. The normalized spacial score (nSPS) is 12.7. The molecule has 0 atom stereocenters. The summed E-state index contributed by atoms with van der Waals surface area (Å²) in [4.78, 5) is 11.0. The van der Waals surface area contributed by atoms with Crippen LogP contribution in [0.1, 0.15) is 40.4 Å². The van der Waals surface area contributed by atoms with Crippen molar-refractivity contribution in [3.8, 4) is 0 Å². The Hall–Kier alpha value is -0.680. The molecule has 0 fully saturated rings. The highest BCUT2D eigenvalue weighted by atomic mass is 79.9. The van der Waals surface area contributed by atoms with Crippen LogP contribution in [0.5, 0.6) is 0 Å². The quantitative estimate of drug-likeness (QED) is 0.871. The van der Waals surface area contributed by atoms with Gasteiger partial charge in [-0.25, -0.2) is 9.97 Å². The van der Waals surface area contributed by atoms with Gasteiger partial charge in [0.2, 0.25) is 0 Å². The van der Waals surface area contributed by atoms with Gasteiger partial charge >= 0.3 is 0 Å². The molecule has 0 aliphatic heterocycles. The molecule has 0 radical (unpaired) electrons. The number of halogens is 1. The first kappa shape index (κ1) is 15.4. The van der Waals surface area contributed by atoms with Gasteiger partial charge in [0.25, 0.3) is 0 Å². The van der Waals surface area contributed by atoms with Gasteiger partial charge < -0.3 is 10.0 Å². The predicted octanol–water partition coefficient (Wildman–Crippen LogP) is 2.74. The third-order valence-corrected chi connectivity index (χ3v) is 3.40. The molecule has 5 heteroatoms. The van der Waals surface area contributed by atoms with Crippen LogP contribution in [-0.2, 0) is 5.41 Å². The number of hydrogen-bond acceptors (Lipinski definition) is 4. The van der Waals surface area contributed by atoms with Crippen LogP contribution in [0, 0.1) is 0 Å². The summed E-state index contributed by atoms with van der Waals surface area (Å²) >= 11 is 3.42. The van der Waals surface area contributed by atoms with E-state index in [0.29, 0.717) is 0 Å². The monoisotopic (exact) mass is 315 g/mol. The van der Waals surface area contributed by atoms with E-state index in [1.54, 1.807) is 0 Å². The van der Waals surface area contributed by atoms with E-state index in [1.165, 1.54) is 0 Å². The second-order valence-electron chi connectivity index (χ2n) is 6.15. The average Bonchev–Trinajstić information content (AvgIpc) is 2.26. The van der Waals surface area contributed by atoms with Gasteiger partial charge in [-0.05, 0) is 29.8 Å². The molecule has 0 unspecified atom stereocenters. The third kappa shape index (κ3) is 3.42. The molecule has 0 spiro atoms. The average molecular weight is 316 g/mol. The van der Waals surface area contributed by atoms with E-state index in [2.05, 4.69) is 46.7 Å². The van der Waals surface area contributed by atoms with Crippen molar-refractivity contribution in [2.24, 2.45) is 0 Å². The van der Waals surface area contributed by atoms with E-state index in [-0.39, 0.29) is 17.6 Å². The lowest BCUT2D eigenvalue weighted by atomic mass is 9.96. The molecule has 1 aromatic heterocycles. The lowest BCUT2D eigenvalue weighted by molar-refractivity contribution is 0.215. The Morgan fingerprint density at radius 2 is 1.78 bits per heavy atom. The number of rotatable bonds is 3. The number of aromatic nitrogens is 2. The van der Waals surface area contributed by atoms with Crippen LogP contribution in [-0.4, -0.2) is 34.3 Å². The molecule has 0 saturated heterocycles. The first-order valence-electron chi connectivity index (χ1n) is 5.97. The fourth-order valence-corrected chi connectivity index (χ4v) is 1.70. The summed E-state index contributed by atoms with van der Waals surface area (Å²) in [6.45, 7) is 10.2. The van der Waals surface area contributed by atoms with E-state index in [1.807, 2.05) is 31.9 Å². The molecule has 1 N–H and O–H groups in total. The summed E-state index contributed by atoms with van der Waals surface area (Å²) < 4.78 is 0.762. The summed E-state index contributed by atoms with van der Waals surface area (Å²) in [5.74, 6) is 1.59. The molecular weight excluding hydrogens is 294 g/mol. The second-order valence-corrected chi connectivity index (χ2v) is 6.96. The number of nitrogens with zero attached hydrogens (tertiary/aromatic N) is 3. The van der Waals surface area contributed by atoms with Crippen LogP contribution in [0.25, 0.3) is 0 Å². The third-order valence-electron chi connectivity index (χ3n) is 2.99. The molecule has 1 aromatic rings. The Bertz CT molecular complexity index is 427. The molecule has 0 amide bonds. The summed E-state index contributed by atoms with van der Waals surface area (Å²) in [6.07, 6.45) is 0. The van der Waals surface area contributed by atoms with Crippen molar-refractivity contribution in [3.63, 3.8) is 0 Å². The highest BCUT2D eigenvalue weighted by Crippen LogP contribution is 2.26. The maximum absolute atomic E-state index is 9.43. The molecule has 18 heavy (non-hydrogen) atoms. The Morgan fingerprint density at radius 3 is 2.22 bits per heavy atom. The van der Waals surface area contributed by atoms with E-state index in [0.717, 1.165) is 16.2 Å². The zero-order chi connectivity index (χ0) is 14.1. The minimum absolute atomic E-state index is 0.0654. The molecule has 102 valence electrons. The Kier molecular flexibility index (Phi) is 4.38.